The van der Waals surface area contributed by atoms with Crippen LogP contribution in [0.15, 0.2) is 48.5 Å². The van der Waals surface area contributed by atoms with Gasteiger partial charge in [-0.05, 0) is 54.2 Å². The highest BCUT2D eigenvalue weighted by Gasteiger charge is 2.38. The smallest absolute Gasteiger partial charge is 0.119 e. The molecule has 3 atom stereocenters. The van der Waals surface area contributed by atoms with Crippen molar-refractivity contribution in [3.8, 4) is 11.5 Å². The van der Waals surface area contributed by atoms with Gasteiger partial charge in [0, 0.05) is 5.41 Å². The van der Waals surface area contributed by atoms with E-state index in [1.807, 2.05) is 12.1 Å². The molecule has 1 heterocycles. The molecule has 1 N–H and O–H groups in total. The van der Waals surface area contributed by atoms with E-state index in [9.17, 15) is 5.11 Å². The van der Waals surface area contributed by atoms with E-state index in [1.54, 1.807) is 0 Å². The van der Waals surface area contributed by atoms with Crippen LogP contribution in [-0.2, 0) is 10.2 Å². The van der Waals surface area contributed by atoms with Gasteiger partial charge in [0.05, 0.1) is 6.61 Å². The molecule has 1 aliphatic carbocycles. The maximum absolute atomic E-state index is 9.68. The Morgan fingerprint density at radius 1 is 1.08 bits per heavy atom. The molecule has 0 radical (unpaired) electrons. The Bertz CT molecular complexity index is 703. The second kappa shape index (κ2) is 6.72. The minimum Gasteiger partial charge on any atom is -0.508 e. The highest BCUT2D eigenvalue weighted by molar-refractivity contribution is 5.43. The molecule has 0 aromatic heterocycles. The van der Waals surface area contributed by atoms with Crippen molar-refractivity contribution in [1.29, 1.82) is 0 Å². The molecule has 0 spiro atoms. The van der Waals surface area contributed by atoms with E-state index < -0.39 is 0 Å². The summed E-state index contributed by atoms with van der Waals surface area (Å²) in [5, 5.41) is 9.68. The Morgan fingerprint density at radius 3 is 2.32 bits per heavy atom. The van der Waals surface area contributed by atoms with E-state index in [2.05, 4.69) is 43.3 Å². The highest BCUT2D eigenvalue weighted by atomic mass is 16.6. The number of ether oxygens (including phenoxy) is 2. The van der Waals surface area contributed by atoms with Gasteiger partial charge in [-0.25, -0.2) is 0 Å². The fraction of sp³-hybridized carbons (Fsp3) is 0.455. The SMILES string of the molecule is CC1CCCC(c2ccc(O)cc2)(c2ccc(OCC3CO3)cc2)C1. The van der Waals surface area contributed by atoms with Gasteiger partial charge in [0.25, 0.3) is 0 Å². The van der Waals surface area contributed by atoms with Crippen LogP contribution in [0.3, 0.4) is 0 Å². The van der Waals surface area contributed by atoms with Crippen LogP contribution in [-0.4, -0.2) is 24.4 Å². The molecule has 2 fully saturated rings. The Kier molecular flexibility index (Phi) is 4.43. The van der Waals surface area contributed by atoms with Gasteiger partial charge < -0.3 is 14.6 Å². The number of aromatic hydroxyl groups is 1. The molecular weight excluding hydrogens is 312 g/mol. The minimum atomic E-state index is 0.0313. The van der Waals surface area contributed by atoms with Crippen LogP contribution in [0, 0.1) is 5.92 Å². The fourth-order valence-electron chi connectivity index (χ4n) is 4.25. The van der Waals surface area contributed by atoms with E-state index in [-0.39, 0.29) is 11.5 Å². The molecule has 3 unspecified atom stereocenters. The summed E-state index contributed by atoms with van der Waals surface area (Å²) in [5.41, 5.74) is 2.68. The molecule has 3 nitrogen and oxygen atoms in total. The molecule has 1 saturated heterocycles. The number of phenolic OH excluding ortho intramolecular Hbond substituents is 1. The van der Waals surface area contributed by atoms with Crippen LogP contribution in [0.4, 0.5) is 0 Å². The Morgan fingerprint density at radius 2 is 1.72 bits per heavy atom. The molecule has 2 aliphatic rings. The van der Waals surface area contributed by atoms with Crippen molar-refractivity contribution in [3.05, 3.63) is 59.7 Å². The second-order valence-corrected chi connectivity index (χ2v) is 7.62. The molecule has 0 bridgehead atoms. The van der Waals surface area contributed by atoms with Crippen molar-refractivity contribution in [2.45, 2.75) is 44.1 Å². The van der Waals surface area contributed by atoms with E-state index in [0.29, 0.717) is 18.3 Å². The van der Waals surface area contributed by atoms with E-state index in [4.69, 9.17) is 9.47 Å². The van der Waals surface area contributed by atoms with Crippen molar-refractivity contribution in [2.24, 2.45) is 5.92 Å². The lowest BCUT2D eigenvalue weighted by Crippen LogP contribution is -2.33. The summed E-state index contributed by atoms with van der Waals surface area (Å²) in [6, 6.07) is 16.4. The first kappa shape index (κ1) is 16.5. The molecule has 4 rings (SSSR count). The van der Waals surface area contributed by atoms with Crippen LogP contribution in [0.25, 0.3) is 0 Å². The molecule has 2 aromatic carbocycles. The quantitative estimate of drug-likeness (QED) is 0.806. The highest BCUT2D eigenvalue weighted by Crippen LogP contribution is 2.47. The third-order valence-corrected chi connectivity index (χ3v) is 5.66. The van der Waals surface area contributed by atoms with Gasteiger partial charge in [-0.1, -0.05) is 44.0 Å². The maximum atomic E-state index is 9.68. The number of hydrogen-bond donors (Lipinski definition) is 1. The van der Waals surface area contributed by atoms with E-state index in [0.717, 1.165) is 25.2 Å². The van der Waals surface area contributed by atoms with Crippen molar-refractivity contribution >= 4 is 0 Å². The lowest BCUT2D eigenvalue weighted by atomic mass is 9.62. The van der Waals surface area contributed by atoms with Crippen LogP contribution < -0.4 is 4.74 Å². The summed E-state index contributed by atoms with van der Waals surface area (Å²) in [7, 11) is 0. The summed E-state index contributed by atoms with van der Waals surface area (Å²) in [6.07, 6.45) is 5.11. The number of hydrogen-bond acceptors (Lipinski definition) is 3. The average molecular weight is 338 g/mol. The number of benzene rings is 2. The summed E-state index contributed by atoms with van der Waals surface area (Å²) < 4.78 is 11.0. The molecule has 1 saturated carbocycles. The number of phenols is 1. The molecule has 132 valence electrons. The minimum absolute atomic E-state index is 0.0313. The van der Waals surface area contributed by atoms with Crippen LogP contribution >= 0.6 is 0 Å². The van der Waals surface area contributed by atoms with Crippen molar-refractivity contribution < 1.29 is 14.6 Å². The summed E-state index contributed by atoms with van der Waals surface area (Å²) >= 11 is 0. The van der Waals surface area contributed by atoms with Gasteiger partial charge in [0.2, 0.25) is 0 Å². The van der Waals surface area contributed by atoms with Gasteiger partial charge in [-0.2, -0.15) is 0 Å². The van der Waals surface area contributed by atoms with Gasteiger partial charge >= 0.3 is 0 Å². The second-order valence-electron chi connectivity index (χ2n) is 7.62. The first-order chi connectivity index (χ1) is 12.2. The topological polar surface area (TPSA) is 42.0 Å². The number of rotatable bonds is 5. The Hall–Kier alpha value is -2.00. The third kappa shape index (κ3) is 3.52. The summed E-state index contributed by atoms with van der Waals surface area (Å²) in [5.74, 6) is 1.93. The fourth-order valence-corrected chi connectivity index (χ4v) is 4.25. The van der Waals surface area contributed by atoms with Crippen molar-refractivity contribution in [2.75, 3.05) is 13.2 Å². The molecule has 1 aliphatic heterocycles. The zero-order valence-corrected chi connectivity index (χ0v) is 14.8. The molecule has 2 aromatic rings. The van der Waals surface area contributed by atoms with E-state index >= 15 is 0 Å². The van der Waals surface area contributed by atoms with Crippen molar-refractivity contribution in [1.82, 2.24) is 0 Å². The van der Waals surface area contributed by atoms with Gasteiger partial charge in [0.1, 0.15) is 24.2 Å². The molecule has 3 heteroatoms. The monoisotopic (exact) mass is 338 g/mol. The van der Waals surface area contributed by atoms with Crippen LogP contribution in [0.1, 0.15) is 43.7 Å². The zero-order valence-electron chi connectivity index (χ0n) is 14.8. The normalized spacial score (nSPS) is 28.5. The largest absolute Gasteiger partial charge is 0.508 e. The van der Waals surface area contributed by atoms with Gasteiger partial charge in [-0.15, -0.1) is 0 Å². The Labute approximate surface area is 149 Å². The first-order valence-electron chi connectivity index (χ1n) is 9.30. The maximum Gasteiger partial charge on any atom is 0.119 e. The predicted octanol–water partition coefficient (Wildman–Crippen LogP) is 4.67. The standard InChI is InChI=1S/C22H26O3/c1-16-3-2-12-22(13-16,17-4-8-19(23)9-5-17)18-6-10-20(11-7-18)24-14-21-15-25-21/h4-11,16,21,23H,2-3,12-15H2,1H3. The lowest BCUT2D eigenvalue weighted by Gasteiger charge is -2.41. The van der Waals surface area contributed by atoms with Gasteiger partial charge in [0.15, 0.2) is 0 Å². The summed E-state index contributed by atoms with van der Waals surface area (Å²) in [4.78, 5) is 0. The predicted molar refractivity (Wildman–Crippen MR) is 98.2 cm³/mol. The van der Waals surface area contributed by atoms with Crippen LogP contribution in [0.2, 0.25) is 0 Å². The van der Waals surface area contributed by atoms with Gasteiger partial charge in [-0.3, -0.25) is 0 Å². The lowest BCUT2D eigenvalue weighted by molar-refractivity contribution is 0.261. The molecule has 25 heavy (non-hydrogen) atoms. The number of epoxide rings is 1. The molecule has 0 amide bonds. The zero-order chi connectivity index (χ0) is 17.3. The van der Waals surface area contributed by atoms with Crippen molar-refractivity contribution in [3.63, 3.8) is 0 Å². The van der Waals surface area contributed by atoms with Crippen LogP contribution in [0.5, 0.6) is 11.5 Å². The summed E-state index contributed by atoms with van der Waals surface area (Å²) in [6.45, 7) is 3.81. The molecular formula is C22H26O3. The third-order valence-electron chi connectivity index (χ3n) is 5.66. The average Bonchev–Trinajstić information content (AvgIpc) is 3.45. The Balaban J connectivity index is 1.64. The van der Waals surface area contributed by atoms with E-state index in [1.165, 1.54) is 24.0 Å². The first-order valence-corrected chi connectivity index (χ1v) is 9.30.